The Labute approximate surface area is 187 Å². The summed E-state index contributed by atoms with van der Waals surface area (Å²) in [5.74, 6) is 1.59. The van der Waals surface area contributed by atoms with Crippen molar-refractivity contribution in [3.63, 3.8) is 0 Å². The molecule has 1 aromatic carbocycles. The zero-order chi connectivity index (χ0) is 22.3. The summed E-state index contributed by atoms with van der Waals surface area (Å²) in [4.78, 5) is 12.7. The number of carbonyl (C=O) groups excluding carboxylic acids is 1. The van der Waals surface area contributed by atoms with Gasteiger partial charge in [0.15, 0.2) is 5.03 Å². The van der Waals surface area contributed by atoms with Crippen molar-refractivity contribution in [2.75, 3.05) is 11.9 Å². The standard InChI is InChI=1S/C21H25BN4O5S/c27-21(23-20-17-5-1-3-15(17)11-16-4-2-6-18(16)20)25-32(29,30)19-7-9-26(24-19)13-14-8-10-31-22(28)12-14/h7,9,11-12,28H,1-6,8,10,13H2,(H2,23,25,27). The number of fused-ring (bicyclic) bond motifs is 2. The number of sulfonamides is 1. The monoisotopic (exact) mass is 456 g/mol. The highest BCUT2D eigenvalue weighted by atomic mass is 32.2. The lowest BCUT2D eigenvalue weighted by molar-refractivity contribution is 0.256. The van der Waals surface area contributed by atoms with Gasteiger partial charge in [0.25, 0.3) is 10.0 Å². The quantitative estimate of drug-likeness (QED) is 0.590. The molecule has 11 heteroatoms. The van der Waals surface area contributed by atoms with Crippen molar-refractivity contribution < 1.29 is 22.9 Å². The zero-order valence-electron chi connectivity index (χ0n) is 17.6. The first kappa shape index (κ1) is 21.2. The molecular formula is C21H25BN4O5S. The molecule has 2 aliphatic carbocycles. The van der Waals surface area contributed by atoms with E-state index in [0.717, 1.165) is 60.9 Å². The maximum absolute atomic E-state index is 12.7. The highest BCUT2D eigenvalue weighted by Gasteiger charge is 2.27. The van der Waals surface area contributed by atoms with Gasteiger partial charge < -0.3 is 15.0 Å². The van der Waals surface area contributed by atoms with Crippen LogP contribution in [0.15, 0.2) is 34.9 Å². The number of aromatic nitrogens is 2. The molecule has 0 fully saturated rings. The number of aryl methyl sites for hydroxylation is 2. The molecule has 0 unspecified atom stereocenters. The third-order valence-electron chi connectivity index (χ3n) is 6.29. The highest BCUT2D eigenvalue weighted by molar-refractivity contribution is 7.90. The van der Waals surface area contributed by atoms with Crippen molar-refractivity contribution in [1.29, 1.82) is 0 Å². The number of benzene rings is 1. The molecule has 0 radical (unpaired) electrons. The minimum atomic E-state index is -4.13. The maximum Gasteiger partial charge on any atom is 0.483 e. The average Bonchev–Trinajstić information content (AvgIpc) is 3.48. The molecule has 1 aliphatic heterocycles. The van der Waals surface area contributed by atoms with Gasteiger partial charge in [-0.15, -0.1) is 0 Å². The molecule has 1 aromatic heterocycles. The molecule has 0 spiro atoms. The summed E-state index contributed by atoms with van der Waals surface area (Å²) in [6, 6.07) is 2.83. The van der Waals surface area contributed by atoms with E-state index in [1.807, 2.05) is 0 Å². The second kappa shape index (κ2) is 8.38. The summed E-state index contributed by atoms with van der Waals surface area (Å²) in [6.45, 7) is 0.735. The van der Waals surface area contributed by atoms with Crippen molar-refractivity contribution in [2.45, 2.75) is 56.5 Å². The van der Waals surface area contributed by atoms with Gasteiger partial charge >= 0.3 is 13.1 Å². The van der Waals surface area contributed by atoms with E-state index in [1.165, 1.54) is 28.1 Å². The largest absolute Gasteiger partial charge is 0.483 e. The Bertz CT molecular complexity index is 1170. The summed E-state index contributed by atoms with van der Waals surface area (Å²) in [5.41, 5.74) is 6.47. The second-order valence-electron chi connectivity index (χ2n) is 8.48. The molecule has 0 bridgehead atoms. The van der Waals surface area contributed by atoms with Gasteiger partial charge in [-0.2, -0.15) is 13.5 Å². The summed E-state index contributed by atoms with van der Waals surface area (Å²) in [5, 5.41) is 16.2. The molecular weight excluding hydrogens is 431 g/mol. The number of amides is 2. The van der Waals surface area contributed by atoms with Crippen molar-refractivity contribution in [2.24, 2.45) is 0 Å². The van der Waals surface area contributed by atoms with Gasteiger partial charge in [0.2, 0.25) is 0 Å². The van der Waals surface area contributed by atoms with Gasteiger partial charge in [-0.25, -0.2) is 9.52 Å². The van der Waals surface area contributed by atoms with Gasteiger partial charge in [-0.3, -0.25) is 4.68 Å². The second-order valence-corrected chi connectivity index (χ2v) is 10.1. The van der Waals surface area contributed by atoms with E-state index < -0.39 is 23.2 Å². The number of anilines is 1. The van der Waals surface area contributed by atoms with Gasteiger partial charge in [0.1, 0.15) is 0 Å². The average molecular weight is 456 g/mol. The fourth-order valence-corrected chi connectivity index (χ4v) is 5.69. The normalized spacial score (nSPS) is 17.7. The van der Waals surface area contributed by atoms with Gasteiger partial charge in [-0.05, 0) is 73.3 Å². The fourth-order valence-electron chi connectivity index (χ4n) is 4.84. The lowest BCUT2D eigenvalue weighted by Crippen LogP contribution is -2.35. The van der Waals surface area contributed by atoms with E-state index in [-0.39, 0.29) is 5.03 Å². The maximum atomic E-state index is 12.7. The van der Waals surface area contributed by atoms with Crippen LogP contribution in [0.5, 0.6) is 0 Å². The van der Waals surface area contributed by atoms with Crippen LogP contribution in [0.1, 0.15) is 41.5 Å². The first-order valence-corrected chi connectivity index (χ1v) is 12.4. The molecule has 2 amide bonds. The van der Waals surface area contributed by atoms with Crippen LogP contribution in [0.4, 0.5) is 10.5 Å². The Morgan fingerprint density at radius 1 is 1.16 bits per heavy atom. The Morgan fingerprint density at radius 2 is 1.88 bits per heavy atom. The molecule has 2 heterocycles. The van der Waals surface area contributed by atoms with Crippen LogP contribution in [0.3, 0.4) is 0 Å². The molecule has 5 rings (SSSR count). The molecule has 168 valence electrons. The lowest BCUT2D eigenvalue weighted by atomic mass is 9.84. The molecule has 0 atom stereocenters. The molecule has 2 aromatic rings. The van der Waals surface area contributed by atoms with E-state index in [9.17, 15) is 18.2 Å². The van der Waals surface area contributed by atoms with Gasteiger partial charge in [0.05, 0.1) is 6.54 Å². The summed E-state index contributed by atoms with van der Waals surface area (Å²) in [6.07, 6.45) is 8.03. The Kier molecular flexibility index (Phi) is 5.56. The van der Waals surface area contributed by atoms with Crippen molar-refractivity contribution in [3.8, 4) is 0 Å². The minimum absolute atomic E-state index is 0.232. The lowest BCUT2D eigenvalue weighted by Gasteiger charge is -2.16. The van der Waals surface area contributed by atoms with Crippen LogP contribution in [-0.2, 0) is 46.9 Å². The topological polar surface area (TPSA) is 123 Å². The molecule has 0 saturated carbocycles. The van der Waals surface area contributed by atoms with Crippen LogP contribution in [0.2, 0.25) is 0 Å². The molecule has 3 aliphatic rings. The van der Waals surface area contributed by atoms with Gasteiger partial charge in [0, 0.05) is 18.5 Å². The van der Waals surface area contributed by atoms with Gasteiger partial charge in [-0.1, -0.05) is 17.6 Å². The fraction of sp³-hybridized carbons (Fsp3) is 0.429. The number of nitrogens with zero attached hydrogens (tertiary/aromatic N) is 2. The van der Waals surface area contributed by atoms with Crippen molar-refractivity contribution >= 4 is 28.9 Å². The van der Waals surface area contributed by atoms with E-state index in [0.29, 0.717) is 19.6 Å². The molecule has 3 N–H and O–H groups in total. The minimum Gasteiger partial charge on any atom is -0.423 e. The van der Waals surface area contributed by atoms with Crippen LogP contribution in [0.25, 0.3) is 0 Å². The third-order valence-corrected chi connectivity index (χ3v) is 7.51. The van der Waals surface area contributed by atoms with Crippen LogP contribution in [0, 0.1) is 0 Å². The highest BCUT2D eigenvalue weighted by Crippen LogP contribution is 2.38. The number of nitrogens with one attached hydrogen (secondary N) is 2. The number of rotatable bonds is 5. The Hall–Kier alpha value is -2.63. The van der Waals surface area contributed by atoms with Crippen LogP contribution in [-0.4, -0.2) is 43.0 Å². The summed E-state index contributed by atoms with van der Waals surface area (Å²) >= 11 is 0. The van der Waals surface area contributed by atoms with Crippen LogP contribution < -0.4 is 10.0 Å². The van der Waals surface area contributed by atoms with E-state index in [2.05, 4.69) is 21.2 Å². The Morgan fingerprint density at radius 3 is 2.56 bits per heavy atom. The SMILES string of the molecule is O=C(Nc1c2c(cc3c1CCC3)CCC2)NS(=O)(=O)c1ccn(CC2=CB(O)OCC2)n1. The van der Waals surface area contributed by atoms with E-state index in [4.69, 9.17) is 4.65 Å². The van der Waals surface area contributed by atoms with Crippen molar-refractivity contribution in [3.05, 3.63) is 52.1 Å². The predicted molar refractivity (Wildman–Crippen MR) is 119 cm³/mol. The molecule has 0 saturated heterocycles. The third kappa shape index (κ3) is 4.20. The predicted octanol–water partition coefficient (Wildman–Crippen LogP) is 1.74. The first-order valence-electron chi connectivity index (χ1n) is 10.9. The van der Waals surface area contributed by atoms with Crippen molar-refractivity contribution in [1.82, 2.24) is 14.5 Å². The Balaban J connectivity index is 1.30. The summed E-state index contributed by atoms with van der Waals surface area (Å²) < 4.78 is 34.1. The first-order chi connectivity index (χ1) is 15.4. The van der Waals surface area contributed by atoms with E-state index >= 15 is 0 Å². The number of carbonyl (C=O) groups is 1. The molecule has 32 heavy (non-hydrogen) atoms. The number of hydrogen-bond donors (Lipinski definition) is 3. The van der Waals surface area contributed by atoms with Crippen LogP contribution >= 0.6 is 0 Å². The summed E-state index contributed by atoms with van der Waals surface area (Å²) in [7, 11) is -5.08. The number of urea groups is 1. The smallest absolute Gasteiger partial charge is 0.423 e. The van der Waals surface area contributed by atoms with E-state index in [1.54, 1.807) is 5.98 Å². The zero-order valence-corrected chi connectivity index (χ0v) is 18.5. The molecule has 9 nitrogen and oxygen atoms in total. The number of hydrogen-bond acceptors (Lipinski definition) is 6.